The Morgan fingerprint density at radius 3 is 2.42 bits per heavy atom. The number of aromatic nitrogens is 2. The second kappa shape index (κ2) is 8.91. The Labute approximate surface area is 186 Å². The van der Waals surface area contributed by atoms with Crippen LogP contribution in [-0.4, -0.2) is 45.4 Å². The Morgan fingerprint density at radius 2 is 1.85 bits per heavy atom. The van der Waals surface area contributed by atoms with E-state index in [0.717, 1.165) is 6.07 Å². The number of halogens is 5. The maximum Gasteiger partial charge on any atom is 0.456 e. The van der Waals surface area contributed by atoms with Gasteiger partial charge in [0.15, 0.2) is 6.61 Å². The van der Waals surface area contributed by atoms with Crippen LogP contribution in [0.25, 0.3) is 0 Å². The predicted molar refractivity (Wildman–Crippen MR) is 107 cm³/mol. The molecule has 1 atom stereocenters. The first-order valence-electron chi connectivity index (χ1n) is 9.95. The van der Waals surface area contributed by atoms with Gasteiger partial charge in [-0.25, -0.2) is 9.97 Å². The number of fused-ring (bicyclic) bond motifs is 1. The Hall–Kier alpha value is -3.31. The van der Waals surface area contributed by atoms with Crippen molar-refractivity contribution in [2.75, 3.05) is 11.9 Å². The second-order valence-corrected chi connectivity index (χ2v) is 7.86. The van der Waals surface area contributed by atoms with Crippen LogP contribution >= 0.6 is 0 Å². The minimum absolute atomic E-state index is 0.160. The number of anilines is 1. The smallest absolute Gasteiger partial charge is 0.456 e. The van der Waals surface area contributed by atoms with Gasteiger partial charge in [0.1, 0.15) is 5.82 Å². The Balaban J connectivity index is 1.72. The van der Waals surface area contributed by atoms with Gasteiger partial charge in [0.05, 0.1) is 12.6 Å². The molecule has 0 aromatic carbocycles. The molecule has 1 unspecified atom stereocenters. The molecule has 2 aromatic heterocycles. The molecule has 7 nitrogen and oxygen atoms in total. The van der Waals surface area contributed by atoms with Gasteiger partial charge in [-0.2, -0.15) is 22.0 Å². The number of ether oxygens (including phenoxy) is 1. The van der Waals surface area contributed by atoms with E-state index >= 15 is 0 Å². The molecule has 3 rings (SSSR count). The van der Waals surface area contributed by atoms with Gasteiger partial charge < -0.3 is 15.0 Å². The quantitative estimate of drug-likeness (QED) is 0.606. The first-order valence-corrected chi connectivity index (χ1v) is 9.95. The zero-order valence-corrected chi connectivity index (χ0v) is 17.9. The van der Waals surface area contributed by atoms with Crippen LogP contribution in [-0.2, 0) is 11.3 Å². The molecule has 0 fully saturated rings. The van der Waals surface area contributed by atoms with Crippen LogP contribution < -0.4 is 10.1 Å². The van der Waals surface area contributed by atoms with Crippen molar-refractivity contribution < 1.29 is 36.3 Å². The predicted octanol–water partition coefficient (Wildman–Crippen LogP) is 4.36. The summed E-state index contributed by atoms with van der Waals surface area (Å²) in [5, 5.41) is 2.71. The minimum Gasteiger partial charge on any atom is -0.471 e. The van der Waals surface area contributed by atoms with E-state index in [2.05, 4.69) is 20.0 Å². The van der Waals surface area contributed by atoms with Crippen molar-refractivity contribution in [3.8, 4) is 5.88 Å². The largest absolute Gasteiger partial charge is 0.471 e. The highest BCUT2D eigenvalue weighted by atomic mass is 19.4. The highest BCUT2D eigenvalue weighted by molar-refractivity contribution is 6.01. The van der Waals surface area contributed by atoms with Crippen molar-refractivity contribution in [2.24, 2.45) is 5.92 Å². The Bertz CT molecular complexity index is 1040. The molecule has 33 heavy (non-hydrogen) atoms. The van der Waals surface area contributed by atoms with Crippen molar-refractivity contribution >= 4 is 17.6 Å². The fraction of sp³-hybridized carbons (Fsp3) is 0.429. The average Bonchev–Trinajstić information content (AvgIpc) is 3.09. The summed E-state index contributed by atoms with van der Waals surface area (Å²) in [6, 6.07) is 3.61. The molecule has 0 bridgehead atoms. The van der Waals surface area contributed by atoms with Crippen LogP contribution in [0, 0.1) is 5.92 Å². The number of carbonyl (C=O) groups is 2. The molecule has 0 spiro atoms. The number of pyridine rings is 2. The lowest BCUT2D eigenvalue weighted by Gasteiger charge is -2.24. The van der Waals surface area contributed by atoms with Gasteiger partial charge >= 0.3 is 12.1 Å². The molecule has 0 saturated heterocycles. The summed E-state index contributed by atoms with van der Waals surface area (Å²) >= 11 is 0. The van der Waals surface area contributed by atoms with Gasteiger partial charge in [-0.3, -0.25) is 9.59 Å². The van der Waals surface area contributed by atoms with Crippen LogP contribution in [0.2, 0.25) is 0 Å². The first kappa shape index (κ1) is 24.3. The van der Waals surface area contributed by atoms with E-state index < -0.39 is 30.6 Å². The van der Waals surface area contributed by atoms with Crippen molar-refractivity contribution in [3.05, 3.63) is 47.3 Å². The number of carbonyl (C=O) groups excluding carboxylic acids is 2. The highest BCUT2D eigenvalue weighted by Gasteiger charge is 2.58. The summed E-state index contributed by atoms with van der Waals surface area (Å²) in [5.41, 5.74) is 1.45. The summed E-state index contributed by atoms with van der Waals surface area (Å²) in [6.07, 6.45) is -3.07. The maximum absolute atomic E-state index is 13.0. The van der Waals surface area contributed by atoms with Crippen LogP contribution in [0.3, 0.4) is 0 Å². The van der Waals surface area contributed by atoms with Crippen molar-refractivity contribution in [1.82, 2.24) is 14.9 Å². The average molecular weight is 472 g/mol. The summed E-state index contributed by atoms with van der Waals surface area (Å²) in [5.74, 6) is -5.95. The minimum atomic E-state index is -5.73. The number of alkyl halides is 5. The number of hydrogen-bond acceptors (Lipinski definition) is 5. The molecule has 178 valence electrons. The topological polar surface area (TPSA) is 84.4 Å². The number of nitrogens with one attached hydrogen (secondary N) is 1. The molecule has 0 saturated carbocycles. The Kier molecular flexibility index (Phi) is 6.57. The summed E-state index contributed by atoms with van der Waals surface area (Å²) in [6.45, 7) is 3.42. The zero-order chi connectivity index (χ0) is 24.6. The van der Waals surface area contributed by atoms with E-state index in [4.69, 9.17) is 0 Å². The Morgan fingerprint density at radius 1 is 1.15 bits per heavy atom. The normalized spacial score (nSPS) is 14.9. The van der Waals surface area contributed by atoms with Crippen molar-refractivity contribution in [3.63, 3.8) is 0 Å². The van der Waals surface area contributed by atoms with Crippen LogP contribution in [0.1, 0.15) is 48.3 Å². The number of hydrogen-bond donors (Lipinski definition) is 1. The lowest BCUT2D eigenvalue weighted by atomic mass is 10.1. The highest BCUT2D eigenvalue weighted by Crippen LogP contribution is 2.36. The van der Waals surface area contributed by atoms with E-state index in [0.29, 0.717) is 22.5 Å². The van der Waals surface area contributed by atoms with E-state index in [1.54, 1.807) is 26.8 Å². The van der Waals surface area contributed by atoms with Crippen molar-refractivity contribution in [1.29, 1.82) is 0 Å². The number of amides is 2. The molecule has 1 N–H and O–H groups in total. The summed E-state index contributed by atoms with van der Waals surface area (Å²) in [7, 11) is 0. The van der Waals surface area contributed by atoms with Crippen LogP contribution in [0.15, 0.2) is 30.6 Å². The molecular weight excluding hydrogens is 451 g/mol. The van der Waals surface area contributed by atoms with Gasteiger partial charge in [-0.15, -0.1) is 0 Å². The lowest BCUT2D eigenvalue weighted by Crippen LogP contribution is -2.41. The van der Waals surface area contributed by atoms with E-state index in [-0.39, 0.29) is 24.3 Å². The van der Waals surface area contributed by atoms with Gasteiger partial charge in [0.2, 0.25) is 11.8 Å². The van der Waals surface area contributed by atoms with E-state index in [1.807, 2.05) is 0 Å². The first-order chi connectivity index (χ1) is 15.3. The fourth-order valence-corrected chi connectivity index (χ4v) is 3.08. The third-order valence-electron chi connectivity index (χ3n) is 5.17. The van der Waals surface area contributed by atoms with Gasteiger partial charge in [-0.05, 0) is 18.6 Å². The monoisotopic (exact) mass is 472 g/mol. The molecule has 0 aliphatic carbocycles. The van der Waals surface area contributed by atoms with Gasteiger partial charge in [0.25, 0.3) is 5.91 Å². The standard InChI is InChI=1S/C21H21F5N4O3/c1-11(2)18(31)29-17-15-9-30(19(32)14(15)6-7-27-17)12(3)13-4-5-16(28-8-13)33-10-20(22,23)21(24,25)26/h4-8,11-12H,9-10H2,1-3H3,(H,27,29,31). The van der Waals surface area contributed by atoms with E-state index in [1.165, 1.54) is 23.4 Å². The number of rotatable bonds is 7. The lowest BCUT2D eigenvalue weighted by molar-refractivity contribution is -0.290. The molecule has 12 heteroatoms. The van der Waals surface area contributed by atoms with Crippen molar-refractivity contribution in [2.45, 2.75) is 45.5 Å². The van der Waals surface area contributed by atoms with E-state index in [9.17, 15) is 31.5 Å². The zero-order valence-electron chi connectivity index (χ0n) is 17.9. The molecule has 3 heterocycles. The third-order valence-corrected chi connectivity index (χ3v) is 5.17. The molecule has 1 aliphatic heterocycles. The van der Waals surface area contributed by atoms with Crippen LogP contribution in [0.4, 0.5) is 27.8 Å². The molecule has 2 amide bonds. The van der Waals surface area contributed by atoms with Gasteiger partial charge in [-0.1, -0.05) is 19.9 Å². The molecule has 0 radical (unpaired) electrons. The summed E-state index contributed by atoms with van der Waals surface area (Å²) < 4.78 is 67.2. The third kappa shape index (κ3) is 5.04. The second-order valence-electron chi connectivity index (χ2n) is 7.86. The molecule has 2 aromatic rings. The molecule has 1 aliphatic rings. The molecular formula is C21H21F5N4O3. The number of nitrogens with zero attached hydrogens (tertiary/aromatic N) is 3. The van der Waals surface area contributed by atoms with Crippen LogP contribution in [0.5, 0.6) is 5.88 Å². The SMILES string of the molecule is CC(C)C(=O)Nc1nccc2c1CN(C(C)c1ccc(OCC(F)(F)C(F)(F)F)nc1)C2=O. The maximum atomic E-state index is 13.0. The van der Waals surface area contributed by atoms with Gasteiger partial charge in [0, 0.05) is 35.5 Å². The summed E-state index contributed by atoms with van der Waals surface area (Å²) in [4.78, 5) is 34.4. The fourth-order valence-electron chi connectivity index (χ4n) is 3.08.